The quantitative estimate of drug-likeness (QED) is 0.704. The van der Waals surface area contributed by atoms with Crippen molar-refractivity contribution in [3.63, 3.8) is 0 Å². The molecule has 3 rings (SSSR count). The maximum absolute atomic E-state index is 12.4. The van der Waals surface area contributed by atoms with Crippen LogP contribution in [0.15, 0.2) is 22.9 Å². The third kappa shape index (κ3) is 2.57. The lowest BCUT2D eigenvalue weighted by Gasteiger charge is -1.97. The molecule has 3 aromatic heterocycles. The first-order valence-electron chi connectivity index (χ1n) is 5.55. The molecule has 0 aliphatic rings. The van der Waals surface area contributed by atoms with Gasteiger partial charge in [-0.05, 0) is 17.3 Å². The van der Waals surface area contributed by atoms with E-state index in [1.165, 1.54) is 23.1 Å². The van der Waals surface area contributed by atoms with Crippen LogP contribution in [0.1, 0.15) is 5.89 Å². The molecule has 108 valence electrons. The van der Waals surface area contributed by atoms with Gasteiger partial charge >= 0.3 is 12.1 Å². The lowest BCUT2D eigenvalue weighted by Crippen LogP contribution is -2.04. The van der Waals surface area contributed by atoms with Crippen molar-refractivity contribution in [3.05, 3.63) is 24.2 Å². The zero-order chi connectivity index (χ0) is 15.0. The molecule has 21 heavy (non-hydrogen) atoms. The van der Waals surface area contributed by atoms with Crippen LogP contribution in [0.2, 0.25) is 0 Å². The van der Waals surface area contributed by atoms with Gasteiger partial charge in [0.25, 0.3) is 0 Å². The maximum atomic E-state index is 12.4. The van der Waals surface area contributed by atoms with Gasteiger partial charge in [-0.1, -0.05) is 5.16 Å². The molecule has 0 bridgehead atoms. The number of nitrogens with zero attached hydrogens (tertiary/aromatic N) is 7. The van der Waals surface area contributed by atoms with Gasteiger partial charge in [0.15, 0.2) is 0 Å². The predicted octanol–water partition coefficient (Wildman–Crippen LogP) is 1.34. The zero-order valence-corrected chi connectivity index (χ0v) is 10.4. The van der Waals surface area contributed by atoms with Crippen molar-refractivity contribution in [1.82, 2.24) is 35.3 Å². The van der Waals surface area contributed by atoms with E-state index < -0.39 is 12.1 Å². The predicted molar refractivity (Wildman–Crippen MR) is 60.3 cm³/mol. The van der Waals surface area contributed by atoms with Gasteiger partial charge in [0, 0.05) is 11.8 Å². The van der Waals surface area contributed by atoms with Gasteiger partial charge < -0.3 is 4.52 Å². The van der Waals surface area contributed by atoms with Crippen molar-refractivity contribution < 1.29 is 17.7 Å². The van der Waals surface area contributed by atoms with Crippen molar-refractivity contribution in [3.8, 4) is 22.9 Å². The van der Waals surface area contributed by atoms with Crippen molar-refractivity contribution in [2.24, 2.45) is 7.05 Å². The summed E-state index contributed by atoms with van der Waals surface area (Å²) in [6.07, 6.45) is -3.31. The summed E-state index contributed by atoms with van der Waals surface area (Å²) in [4.78, 5) is 8.55. The Morgan fingerprint density at radius 1 is 1.24 bits per heavy atom. The number of hydrogen-bond donors (Lipinski definition) is 0. The number of tetrazole rings is 1. The van der Waals surface area contributed by atoms with Crippen LogP contribution in [0.25, 0.3) is 22.9 Å². The van der Waals surface area contributed by atoms with E-state index >= 15 is 0 Å². The number of aryl methyl sites for hydroxylation is 1. The molecule has 0 radical (unpaired) electrons. The van der Waals surface area contributed by atoms with E-state index in [2.05, 4.69) is 35.1 Å². The lowest BCUT2D eigenvalue weighted by molar-refractivity contribution is -0.159. The molecule has 0 atom stereocenters. The van der Waals surface area contributed by atoms with Gasteiger partial charge in [-0.15, -0.1) is 10.2 Å². The molecule has 0 N–H and O–H groups in total. The van der Waals surface area contributed by atoms with Crippen LogP contribution in [-0.4, -0.2) is 35.3 Å². The molecule has 0 fully saturated rings. The van der Waals surface area contributed by atoms with Crippen molar-refractivity contribution >= 4 is 0 Å². The second-order valence-electron chi connectivity index (χ2n) is 3.95. The van der Waals surface area contributed by atoms with Crippen LogP contribution in [0.4, 0.5) is 13.2 Å². The fourth-order valence-electron chi connectivity index (χ4n) is 1.53. The Morgan fingerprint density at radius 2 is 2.05 bits per heavy atom. The van der Waals surface area contributed by atoms with Gasteiger partial charge in [-0.3, -0.25) is 4.98 Å². The fourth-order valence-corrected chi connectivity index (χ4v) is 1.53. The summed E-state index contributed by atoms with van der Waals surface area (Å²) in [5.74, 6) is -1.37. The summed E-state index contributed by atoms with van der Waals surface area (Å²) in [6, 6.07) is 2.90. The number of alkyl halides is 3. The van der Waals surface area contributed by atoms with Gasteiger partial charge in [0.05, 0.1) is 7.05 Å². The van der Waals surface area contributed by atoms with Crippen LogP contribution < -0.4 is 0 Å². The van der Waals surface area contributed by atoms with Crippen LogP contribution in [0, 0.1) is 0 Å². The molecular weight excluding hydrogens is 291 g/mol. The SMILES string of the molecule is Cn1nnc(-c2cc(-c3noc(C(F)(F)F)n3)ccn2)n1. The molecule has 11 heteroatoms. The summed E-state index contributed by atoms with van der Waals surface area (Å²) in [6.45, 7) is 0. The van der Waals surface area contributed by atoms with Gasteiger partial charge in [0.1, 0.15) is 5.69 Å². The van der Waals surface area contributed by atoms with E-state index in [1.807, 2.05) is 0 Å². The second-order valence-corrected chi connectivity index (χ2v) is 3.95. The van der Waals surface area contributed by atoms with E-state index in [0.29, 0.717) is 11.3 Å². The highest BCUT2D eigenvalue weighted by Crippen LogP contribution is 2.29. The highest BCUT2D eigenvalue weighted by molar-refractivity contribution is 5.61. The average molecular weight is 297 g/mol. The minimum atomic E-state index is -4.69. The Hall–Kier alpha value is -2.85. The highest BCUT2D eigenvalue weighted by Gasteiger charge is 2.38. The van der Waals surface area contributed by atoms with E-state index in [1.54, 1.807) is 7.05 Å². The first kappa shape index (κ1) is 13.1. The Balaban J connectivity index is 1.98. The van der Waals surface area contributed by atoms with Crippen LogP contribution >= 0.6 is 0 Å². The Bertz CT molecular complexity index is 779. The molecule has 0 saturated heterocycles. The van der Waals surface area contributed by atoms with Crippen LogP contribution in [0.3, 0.4) is 0 Å². The molecule has 0 aliphatic carbocycles. The van der Waals surface area contributed by atoms with E-state index in [0.717, 1.165) is 0 Å². The molecule has 0 spiro atoms. The third-order valence-corrected chi connectivity index (χ3v) is 2.42. The Labute approximate surface area is 114 Å². The molecule has 3 aromatic rings. The van der Waals surface area contributed by atoms with E-state index in [4.69, 9.17) is 0 Å². The van der Waals surface area contributed by atoms with Gasteiger partial charge in [-0.25, -0.2) is 0 Å². The zero-order valence-electron chi connectivity index (χ0n) is 10.4. The standard InChI is InChI=1S/C10H6F3N7O/c1-20-17-8(16-19-20)6-4-5(2-3-14-6)7-15-9(21-18-7)10(11,12)13/h2-4H,1H3. The lowest BCUT2D eigenvalue weighted by atomic mass is 10.2. The smallest absolute Gasteiger partial charge is 0.329 e. The molecule has 0 amide bonds. The van der Waals surface area contributed by atoms with Gasteiger partial charge in [-0.2, -0.15) is 23.0 Å². The molecule has 0 aromatic carbocycles. The minimum Gasteiger partial charge on any atom is -0.329 e. The number of pyridine rings is 1. The third-order valence-electron chi connectivity index (χ3n) is 2.42. The number of rotatable bonds is 2. The highest BCUT2D eigenvalue weighted by atomic mass is 19.4. The second kappa shape index (κ2) is 4.61. The van der Waals surface area contributed by atoms with E-state index in [9.17, 15) is 13.2 Å². The molecule has 3 heterocycles. The topological polar surface area (TPSA) is 95.4 Å². The van der Waals surface area contributed by atoms with Gasteiger partial charge in [0.2, 0.25) is 11.6 Å². The summed E-state index contributed by atoms with van der Waals surface area (Å²) in [7, 11) is 1.58. The normalized spacial score (nSPS) is 11.8. The van der Waals surface area contributed by atoms with Crippen LogP contribution in [0.5, 0.6) is 0 Å². The first-order valence-corrected chi connectivity index (χ1v) is 5.55. The largest absolute Gasteiger partial charge is 0.471 e. The van der Waals surface area contributed by atoms with Crippen molar-refractivity contribution in [1.29, 1.82) is 0 Å². The fraction of sp³-hybridized carbons (Fsp3) is 0.200. The number of aromatic nitrogens is 7. The van der Waals surface area contributed by atoms with E-state index in [-0.39, 0.29) is 11.6 Å². The van der Waals surface area contributed by atoms with Crippen LogP contribution in [-0.2, 0) is 13.2 Å². The summed E-state index contributed by atoms with van der Waals surface area (Å²) in [5, 5.41) is 14.7. The molecule has 0 saturated carbocycles. The molecule has 8 nitrogen and oxygen atoms in total. The monoisotopic (exact) mass is 297 g/mol. The first-order chi connectivity index (χ1) is 9.93. The van der Waals surface area contributed by atoms with Crippen molar-refractivity contribution in [2.45, 2.75) is 6.18 Å². The van der Waals surface area contributed by atoms with Crippen molar-refractivity contribution in [2.75, 3.05) is 0 Å². The average Bonchev–Trinajstić information content (AvgIpc) is 3.07. The molecular formula is C10H6F3N7O. The minimum absolute atomic E-state index is 0.199. The Morgan fingerprint density at radius 3 is 2.67 bits per heavy atom. The Kier molecular flexibility index (Phi) is 2.89. The number of halogens is 3. The maximum Gasteiger partial charge on any atom is 0.471 e. The summed E-state index contributed by atoms with van der Waals surface area (Å²) >= 11 is 0. The number of hydrogen-bond acceptors (Lipinski definition) is 7. The molecule has 0 unspecified atom stereocenters. The summed E-state index contributed by atoms with van der Waals surface area (Å²) < 4.78 is 41.5. The molecule has 0 aliphatic heterocycles. The summed E-state index contributed by atoms with van der Waals surface area (Å²) in [5.41, 5.74) is 0.630.